The number of nitrogens with zero attached hydrogens (tertiary/aromatic N) is 2. The average molecular weight is 238 g/mol. The summed E-state index contributed by atoms with van der Waals surface area (Å²) in [6, 6.07) is 1.69. The van der Waals surface area contributed by atoms with Crippen molar-refractivity contribution >= 4 is 11.6 Å². The topological polar surface area (TPSA) is 84.1 Å². The van der Waals surface area contributed by atoms with E-state index in [4.69, 9.17) is 5.73 Å². The fraction of sp³-hybridized carbons (Fsp3) is 0.667. The Hall–Kier alpha value is -1.36. The first kappa shape index (κ1) is 13.7. The van der Waals surface area contributed by atoms with E-state index in [0.717, 1.165) is 18.7 Å². The molecule has 1 aromatic heterocycles. The van der Waals surface area contributed by atoms with Crippen LogP contribution in [0.3, 0.4) is 0 Å². The Kier molecular flexibility index (Phi) is 4.69. The van der Waals surface area contributed by atoms with Gasteiger partial charge >= 0.3 is 0 Å². The molecule has 1 aromatic rings. The van der Waals surface area contributed by atoms with Crippen LogP contribution < -0.4 is 11.1 Å². The molecule has 5 heteroatoms. The Morgan fingerprint density at radius 1 is 1.41 bits per heavy atom. The van der Waals surface area contributed by atoms with Gasteiger partial charge in [0, 0.05) is 19.0 Å². The molecule has 0 fully saturated rings. The number of nitrogens with one attached hydrogen (secondary N) is 1. The number of rotatable bonds is 6. The fourth-order valence-corrected chi connectivity index (χ4v) is 1.35. The van der Waals surface area contributed by atoms with E-state index in [1.807, 2.05) is 6.92 Å². The number of hydrogen-bond donors (Lipinski definition) is 3. The van der Waals surface area contributed by atoms with Gasteiger partial charge in [-0.2, -0.15) is 0 Å². The number of aryl methyl sites for hydroxylation is 1. The van der Waals surface area contributed by atoms with Crippen LogP contribution in [0.4, 0.5) is 11.6 Å². The molecular weight excluding hydrogens is 216 g/mol. The van der Waals surface area contributed by atoms with Gasteiger partial charge in [-0.1, -0.05) is 13.8 Å². The Balaban J connectivity index is 2.70. The number of hydrogen-bond acceptors (Lipinski definition) is 5. The van der Waals surface area contributed by atoms with Crippen LogP contribution in [0, 0.1) is 0 Å². The van der Waals surface area contributed by atoms with E-state index >= 15 is 0 Å². The van der Waals surface area contributed by atoms with Gasteiger partial charge in [-0.15, -0.1) is 0 Å². The fourth-order valence-electron chi connectivity index (χ4n) is 1.35. The molecule has 0 aliphatic heterocycles. The van der Waals surface area contributed by atoms with Crippen molar-refractivity contribution < 1.29 is 5.11 Å². The zero-order chi connectivity index (χ0) is 12.9. The van der Waals surface area contributed by atoms with Crippen molar-refractivity contribution in [1.29, 1.82) is 0 Å². The summed E-state index contributed by atoms with van der Waals surface area (Å²) in [5, 5.41) is 13.0. The van der Waals surface area contributed by atoms with Gasteiger partial charge in [0.15, 0.2) is 0 Å². The number of aromatic nitrogens is 2. The molecule has 0 amide bonds. The van der Waals surface area contributed by atoms with Gasteiger partial charge in [0.25, 0.3) is 0 Å². The van der Waals surface area contributed by atoms with Crippen molar-refractivity contribution in [2.24, 2.45) is 0 Å². The SMILES string of the molecule is CCCc1nc(N)cc(NCC(C)(O)CC)n1. The maximum Gasteiger partial charge on any atom is 0.133 e. The standard InChI is InChI=1S/C12H22N4O/c1-4-6-10-15-9(13)7-11(16-10)14-8-12(3,17)5-2/h7,17H,4-6,8H2,1-3H3,(H3,13,14,15,16). The molecule has 0 bridgehead atoms. The monoisotopic (exact) mass is 238 g/mol. The lowest BCUT2D eigenvalue weighted by atomic mass is 10.0. The smallest absolute Gasteiger partial charge is 0.133 e. The van der Waals surface area contributed by atoms with Crippen molar-refractivity contribution in [2.75, 3.05) is 17.6 Å². The molecule has 0 saturated heterocycles. The Morgan fingerprint density at radius 3 is 2.71 bits per heavy atom. The number of aliphatic hydroxyl groups is 1. The predicted octanol–water partition coefficient (Wildman–Crippen LogP) is 1.58. The van der Waals surface area contributed by atoms with Crippen molar-refractivity contribution in [2.45, 2.75) is 45.6 Å². The molecule has 0 aliphatic rings. The molecular formula is C12H22N4O. The lowest BCUT2D eigenvalue weighted by Gasteiger charge is -2.22. The highest BCUT2D eigenvalue weighted by molar-refractivity contribution is 5.44. The minimum atomic E-state index is -0.732. The molecule has 5 nitrogen and oxygen atoms in total. The van der Waals surface area contributed by atoms with Gasteiger partial charge in [-0.25, -0.2) is 9.97 Å². The Bertz CT molecular complexity index is 366. The Labute approximate surface area is 102 Å². The Morgan fingerprint density at radius 2 is 2.12 bits per heavy atom. The highest BCUT2D eigenvalue weighted by atomic mass is 16.3. The summed E-state index contributed by atoms with van der Waals surface area (Å²) in [5.74, 6) is 1.88. The van der Waals surface area contributed by atoms with Gasteiger partial charge < -0.3 is 16.2 Å². The van der Waals surface area contributed by atoms with Crippen LogP contribution in [0.15, 0.2) is 6.07 Å². The van der Waals surface area contributed by atoms with Gasteiger partial charge in [0.05, 0.1) is 5.60 Å². The molecule has 4 N–H and O–H groups in total. The van der Waals surface area contributed by atoms with Crippen molar-refractivity contribution in [3.05, 3.63) is 11.9 Å². The first-order chi connectivity index (χ1) is 7.96. The van der Waals surface area contributed by atoms with Crippen LogP contribution in [0.5, 0.6) is 0 Å². The number of nitrogen functional groups attached to an aromatic ring is 1. The van der Waals surface area contributed by atoms with Gasteiger partial charge in [0.2, 0.25) is 0 Å². The molecule has 0 spiro atoms. The van der Waals surface area contributed by atoms with Crippen LogP contribution in [0.1, 0.15) is 39.4 Å². The molecule has 1 unspecified atom stereocenters. The molecule has 17 heavy (non-hydrogen) atoms. The van der Waals surface area contributed by atoms with Gasteiger partial charge in [-0.3, -0.25) is 0 Å². The lowest BCUT2D eigenvalue weighted by molar-refractivity contribution is 0.0696. The normalized spacial score (nSPS) is 14.4. The van der Waals surface area contributed by atoms with Crippen LogP contribution in [-0.2, 0) is 6.42 Å². The summed E-state index contributed by atoms with van der Waals surface area (Å²) in [5.41, 5.74) is 4.98. The molecule has 0 aliphatic carbocycles. The minimum Gasteiger partial charge on any atom is -0.388 e. The third-order valence-electron chi connectivity index (χ3n) is 2.68. The first-order valence-electron chi connectivity index (χ1n) is 6.06. The molecule has 1 heterocycles. The van der Waals surface area contributed by atoms with E-state index in [9.17, 15) is 5.11 Å². The molecule has 1 atom stereocenters. The van der Waals surface area contributed by atoms with Crippen LogP contribution in [-0.4, -0.2) is 27.2 Å². The average Bonchev–Trinajstić information content (AvgIpc) is 2.26. The second-order valence-electron chi connectivity index (χ2n) is 4.55. The largest absolute Gasteiger partial charge is 0.388 e. The summed E-state index contributed by atoms with van der Waals surface area (Å²) in [4.78, 5) is 8.50. The third kappa shape index (κ3) is 4.56. The lowest BCUT2D eigenvalue weighted by Crippen LogP contribution is -2.32. The molecule has 0 saturated carbocycles. The van der Waals surface area contributed by atoms with Crippen molar-refractivity contribution in [3.63, 3.8) is 0 Å². The second kappa shape index (κ2) is 5.82. The van der Waals surface area contributed by atoms with E-state index in [0.29, 0.717) is 24.6 Å². The highest BCUT2D eigenvalue weighted by Crippen LogP contribution is 2.13. The van der Waals surface area contributed by atoms with Crippen LogP contribution in [0.25, 0.3) is 0 Å². The van der Waals surface area contributed by atoms with Crippen molar-refractivity contribution in [1.82, 2.24) is 9.97 Å². The minimum absolute atomic E-state index is 0.450. The predicted molar refractivity (Wildman–Crippen MR) is 69.8 cm³/mol. The van der Waals surface area contributed by atoms with Crippen LogP contribution >= 0.6 is 0 Å². The number of nitrogens with two attached hydrogens (primary N) is 1. The molecule has 96 valence electrons. The zero-order valence-electron chi connectivity index (χ0n) is 10.8. The molecule has 0 radical (unpaired) electrons. The molecule has 1 rings (SSSR count). The van der Waals surface area contributed by atoms with E-state index in [1.54, 1.807) is 13.0 Å². The van der Waals surface area contributed by atoms with E-state index in [1.165, 1.54) is 0 Å². The third-order valence-corrected chi connectivity index (χ3v) is 2.68. The van der Waals surface area contributed by atoms with E-state index in [2.05, 4.69) is 22.2 Å². The number of anilines is 2. The van der Waals surface area contributed by atoms with Crippen LogP contribution in [0.2, 0.25) is 0 Å². The molecule has 0 aromatic carbocycles. The summed E-state index contributed by atoms with van der Waals surface area (Å²) in [7, 11) is 0. The summed E-state index contributed by atoms with van der Waals surface area (Å²) in [6.07, 6.45) is 2.47. The summed E-state index contributed by atoms with van der Waals surface area (Å²) < 4.78 is 0. The zero-order valence-corrected chi connectivity index (χ0v) is 10.8. The quantitative estimate of drug-likeness (QED) is 0.701. The summed E-state index contributed by atoms with van der Waals surface area (Å²) >= 11 is 0. The summed E-state index contributed by atoms with van der Waals surface area (Å²) in [6.45, 7) is 6.25. The van der Waals surface area contributed by atoms with E-state index < -0.39 is 5.60 Å². The maximum atomic E-state index is 9.89. The van der Waals surface area contributed by atoms with Gasteiger partial charge in [0.1, 0.15) is 17.5 Å². The van der Waals surface area contributed by atoms with Gasteiger partial charge in [-0.05, 0) is 19.8 Å². The van der Waals surface area contributed by atoms with E-state index in [-0.39, 0.29) is 0 Å². The first-order valence-corrected chi connectivity index (χ1v) is 6.06. The maximum absolute atomic E-state index is 9.89. The second-order valence-corrected chi connectivity index (χ2v) is 4.55. The highest BCUT2D eigenvalue weighted by Gasteiger charge is 2.17. The van der Waals surface area contributed by atoms with Crippen molar-refractivity contribution in [3.8, 4) is 0 Å².